The molecule has 3 rings (SSSR count). The maximum atomic E-state index is 11.9. The summed E-state index contributed by atoms with van der Waals surface area (Å²) in [5.74, 6) is -0.137. The molecule has 2 aromatic carbocycles. The lowest BCUT2D eigenvalue weighted by atomic mass is 10.2. The van der Waals surface area contributed by atoms with Crippen molar-refractivity contribution >= 4 is 28.6 Å². The van der Waals surface area contributed by atoms with Gasteiger partial charge in [0, 0.05) is 23.2 Å². The number of amides is 1. The van der Waals surface area contributed by atoms with Crippen molar-refractivity contribution in [3.05, 3.63) is 72.4 Å². The van der Waals surface area contributed by atoms with Gasteiger partial charge in [0.15, 0.2) is 0 Å². The average Bonchev–Trinajstić information content (AvgIpc) is 2.96. The first kappa shape index (κ1) is 12.2. The Morgan fingerprint density at radius 3 is 2.70 bits per heavy atom. The molecule has 3 aromatic rings. The SMILES string of the molecule is O=C(C=Cc1ccccc1)Nc1cccc2[nH]ccc12. The number of aromatic amines is 1. The third-order valence-electron chi connectivity index (χ3n) is 3.08. The van der Waals surface area contributed by atoms with E-state index in [0.717, 1.165) is 22.2 Å². The van der Waals surface area contributed by atoms with Gasteiger partial charge < -0.3 is 10.3 Å². The number of nitrogens with one attached hydrogen (secondary N) is 2. The summed E-state index contributed by atoms with van der Waals surface area (Å²) in [5.41, 5.74) is 2.82. The van der Waals surface area contributed by atoms with Crippen molar-refractivity contribution < 1.29 is 4.79 Å². The van der Waals surface area contributed by atoms with Crippen molar-refractivity contribution in [1.29, 1.82) is 0 Å². The molecule has 0 fully saturated rings. The molecule has 2 N–H and O–H groups in total. The Hall–Kier alpha value is -2.81. The zero-order valence-electron chi connectivity index (χ0n) is 10.8. The monoisotopic (exact) mass is 262 g/mol. The van der Waals surface area contributed by atoms with Crippen LogP contribution in [0, 0.1) is 0 Å². The van der Waals surface area contributed by atoms with E-state index in [4.69, 9.17) is 0 Å². The molecule has 0 radical (unpaired) electrons. The van der Waals surface area contributed by atoms with Gasteiger partial charge in [0.1, 0.15) is 0 Å². The molecule has 0 saturated carbocycles. The number of aromatic nitrogens is 1. The second-order valence-corrected chi connectivity index (χ2v) is 4.48. The van der Waals surface area contributed by atoms with Gasteiger partial charge >= 0.3 is 0 Å². The molecule has 3 heteroatoms. The zero-order chi connectivity index (χ0) is 13.8. The number of rotatable bonds is 3. The standard InChI is InChI=1S/C17H14N2O/c20-17(10-9-13-5-2-1-3-6-13)19-16-8-4-7-15-14(16)11-12-18-15/h1-12,18H,(H,19,20). The number of hydrogen-bond donors (Lipinski definition) is 2. The lowest BCUT2D eigenvalue weighted by Gasteiger charge is -2.03. The van der Waals surface area contributed by atoms with E-state index in [1.807, 2.05) is 60.8 Å². The Bertz CT molecular complexity index is 757. The lowest BCUT2D eigenvalue weighted by molar-refractivity contribution is -0.111. The van der Waals surface area contributed by atoms with Crippen LogP contribution in [0.25, 0.3) is 17.0 Å². The minimum absolute atomic E-state index is 0.137. The molecule has 0 aliphatic carbocycles. The van der Waals surface area contributed by atoms with E-state index in [2.05, 4.69) is 10.3 Å². The Morgan fingerprint density at radius 2 is 1.85 bits per heavy atom. The molecule has 0 bridgehead atoms. The summed E-state index contributed by atoms with van der Waals surface area (Å²) in [6, 6.07) is 17.5. The summed E-state index contributed by atoms with van der Waals surface area (Å²) in [6.45, 7) is 0. The Labute approximate surface area is 116 Å². The van der Waals surface area contributed by atoms with E-state index in [9.17, 15) is 4.79 Å². The van der Waals surface area contributed by atoms with Crippen LogP contribution in [-0.4, -0.2) is 10.9 Å². The van der Waals surface area contributed by atoms with Crippen LogP contribution in [-0.2, 0) is 4.79 Å². The van der Waals surface area contributed by atoms with E-state index in [-0.39, 0.29) is 5.91 Å². The molecule has 98 valence electrons. The van der Waals surface area contributed by atoms with E-state index < -0.39 is 0 Å². The van der Waals surface area contributed by atoms with E-state index in [0.29, 0.717) is 0 Å². The Morgan fingerprint density at radius 1 is 1.00 bits per heavy atom. The third-order valence-corrected chi connectivity index (χ3v) is 3.08. The number of fused-ring (bicyclic) bond motifs is 1. The molecule has 3 nitrogen and oxygen atoms in total. The summed E-state index contributed by atoms with van der Waals surface area (Å²) in [7, 11) is 0. The van der Waals surface area contributed by atoms with Crippen LogP contribution in [0.2, 0.25) is 0 Å². The molecule has 0 aliphatic rings. The van der Waals surface area contributed by atoms with Gasteiger partial charge in [-0.25, -0.2) is 0 Å². The van der Waals surface area contributed by atoms with Crippen LogP contribution in [0.5, 0.6) is 0 Å². The molecule has 20 heavy (non-hydrogen) atoms. The predicted octanol–water partition coefficient (Wildman–Crippen LogP) is 3.82. The Kier molecular flexibility index (Phi) is 3.33. The van der Waals surface area contributed by atoms with Gasteiger partial charge in [0.25, 0.3) is 0 Å². The summed E-state index contributed by atoms with van der Waals surface area (Å²) < 4.78 is 0. The highest BCUT2D eigenvalue weighted by atomic mass is 16.1. The minimum Gasteiger partial charge on any atom is -0.361 e. The highest BCUT2D eigenvalue weighted by molar-refractivity contribution is 6.07. The quantitative estimate of drug-likeness (QED) is 0.692. The highest BCUT2D eigenvalue weighted by Gasteiger charge is 2.03. The number of benzene rings is 2. The second kappa shape index (κ2) is 5.45. The van der Waals surface area contributed by atoms with E-state index in [1.54, 1.807) is 12.2 Å². The minimum atomic E-state index is -0.137. The van der Waals surface area contributed by atoms with Crippen LogP contribution in [0.4, 0.5) is 5.69 Å². The molecule has 1 aromatic heterocycles. The van der Waals surface area contributed by atoms with Crippen LogP contribution < -0.4 is 5.32 Å². The van der Waals surface area contributed by atoms with Crippen LogP contribution >= 0.6 is 0 Å². The molecular formula is C17H14N2O. The maximum absolute atomic E-state index is 11.9. The van der Waals surface area contributed by atoms with Crippen LogP contribution in [0.3, 0.4) is 0 Å². The summed E-state index contributed by atoms with van der Waals surface area (Å²) in [6.07, 6.45) is 5.20. The van der Waals surface area contributed by atoms with Gasteiger partial charge in [-0.1, -0.05) is 36.4 Å². The number of anilines is 1. The van der Waals surface area contributed by atoms with Crippen LogP contribution in [0.15, 0.2) is 66.9 Å². The molecule has 1 amide bonds. The summed E-state index contributed by atoms with van der Waals surface area (Å²) in [4.78, 5) is 15.1. The van der Waals surface area contributed by atoms with Crippen molar-refractivity contribution in [2.75, 3.05) is 5.32 Å². The van der Waals surface area contributed by atoms with Gasteiger partial charge in [-0.3, -0.25) is 4.79 Å². The second-order valence-electron chi connectivity index (χ2n) is 4.48. The first-order valence-corrected chi connectivity index (χ1v) is 6.43. The van der Waals surface area contributed by atoms with Crippen molar-refractivity contribution in [2.45, 2.75) is 0 Å². The van der Waals surface area contributed by atoms with E-state index in [1.165, 1.54) is 0 Å². The van der Waals surface area contributed by atoms with Crippen molar-refractivity contribution in [3.8, 4) is 0 Å². The fourth-order valence-electron chi connectivity index (χ4n) is 2.10. The lowest BCUT2D eigenvalue weighted by Crippen LogP contribution is -2.07. The van der Waals surface area contributed by atoms with E-state index >= 15 is 0 Å². The van der Waals surface area contributed by atoms with Gasteiger partial charge in [-0.15, -0.1) is 0 Å². The summed E-state index contributed by atoms with van der Waals surface area (Å²) >= 11 is 0. The molecule has 0 spiro atoms. The van der Waals surface area contributed by atoms with Crippen molar-refractivity contribution in [3.63, 3.8) is 0 Å². The van der Waals surface area contributed by atoms with Gasteiger partial charge in [-0.2, -0.15) is 0 Å². The zero-order valence-corrected chi connectivity index (χ0v) is 10.8. The smallest absolute Gasteiger partial charge is 0.248 e. The van der Waals surface area contributed by atoms with Crippen molar-refractivity contribution in [1.82, 2.24) is 4.98 Å². The maximum Gasteiger partial charge on any atom is 0.248 e. The average molecular weight is 262 g/mol. The number of carbonyl (C=O) groups excluding carboxylic acids is 1. The molecule has 1 heterocycles. The highest BCUT2D eigenvalue weighted by Crippen LogP contribution is 2.22. The topological polar surface area (TPSA) is 44.9 Å². The third kappa shape index (κ3) is 2.62. The van der Waals surface area contributed by atoms with Crippen LogP contribution in [0.1, 0.15) is 5.56 Å². The molecule has 0 saturated heterocycles. The fraction of sp³-hybridized carbons (Fsp3) is 0. The first-order valence-electron chi connectivity index (χ1n) is 6.43. The Balaban J connectivity index is 1.76. The first-order chi connectivity index (χ1) is 9.83. The normalized spacial score (nSPS) is 11.0. The van der Waals surface area contributed by atoms with Gasteiger partial charge in [0.2, 0.25) is 5.91 Å². The number of H-pyrrole nitrogens is 1. The largest absolute Gasteiger partial charge is 0.361 e. The number of hydrogen-bond acceptors (Lipinski definition) is 1. The molecule has 0 unspecified atom stereocenters. The number of carbonyl (C=O) groups is 1. The molecular weight excluding hydrogens is 248 g/mol. The van der Waals surface area contributed by atoms with Crippen molar-refractivity contribution in [2.24, 2.45) is 0 Å². The summed E-state index contributed by atoms with van der Waals surface area (Å²) in [5, 5.41) is 3.90. The van der Waals surface area contributed by atoms with Gasteiger partial charge in [0.05, 0.1) is 5.69 Å². The fourth-order valence-corrected chi connectivity index (χ4v) is 2.10. The molecule has 0 aliphatic heterocycles. The predicted molar refractivity (Wildman–Crippen MR) is 82.4 cm³/mol. The molecule has 0 atom stereocenters. The van der Waals surface area contributed by atoms with Gasteiger partial charge in [-0.05, 0) is 29.8 Å².